The molecule has 0 radical (unpaired) electrons. The average molecular weight is 427 g/mol. The second kappa shape index (κ2) is 7.70. The number of hydrogen-bond donors (Lipinski definition) is 1. The van der Waals surface area contributed by atoms with Crippen LogP contribution in [0.25, 0.3) is 0 Å². The van der Waals surface area contributed by atoms with Crippen LogP contribution >= 0.6 is 11.8 Å². The van der Waals surface area contributed by atoms with Crippen LogP contribution in [0.15, 0.2) is 24.3 Å². The van der Waals surface area contributed by atoms with Gasteiger partial charge in [0.2, 0.25) is 5.91 Å². The maximum absolute atomic E-state index is 12.6. The maximum atomic E-state index is 12.6. The lowest BCUT2D eigenvalue weighted by Crippen LogP contribution is -2.56. The molecule has 160 valence electrons. The Hall–Kier alpha value is -1.82. The number of hydrogen-bond acceptors (Lipinski definition) is 4. The summed E-state index contributed by atoms with van der Waals surface area (Å²) >= 11 is 1.49. The Morgan fingerprint density at radius 2 is 1.60 bits per heavy atom. The van der Waals surface area contributed by atoms with Crippen LogP contribution in [0.5, 0.6) is 0 Å². The predicted octanol–water partition coefficient (Wildman–Crippen LogP) is 3.74. The first kappa shape index (κ1) is 20.1. The van der Waals surface area contributed by atoms with Gasteiger partial charge in [0.1, 0.15) is 0 Å². The Labute approximate surface area is 182 Å². The molecule has 1 aromatic carbocycles. The van der Waals surface area contributed by atoms with Crippen molar-refractivity contribution in [3.63, 3.8) is 0 Å². The van der Waals surface area contributed by atoms with E-state index in [2.05, 4.69) is 12.2 Å². The fraction of sp³-hybridized carbons (Fsp3) is 0.625. The SMILES string of the molecule is C[C@@H](NC(=O)CSCCN1C(=O)c2ccccc2C1=O)C12CC3CC(CC(C3)C1)C2. The van der Waals surface area contributed by atoms with Gasteiger partial charge in [-0.3, -0.25) is 19.3 Å². The largest absolute Gasteiger partial charge is 0.352 e. The highest BCUT2D eigenvalue weighted by Gasteiger charge is 2.53. The van der Waals surface area contributed by atoms with Crippen LogP contribution in [0.3, 0.4) is 0 Å². The summed E-state index contributed by atoms with van der Waals surface area (Å²) < 4.78 is 0. The molecule has 1 aliphatic heterocycles. The quantitative estimate of drug-likeness (QED) is 0.533. The number of carbonyl (C=O) groups excluding carboxylic acids is 3. The van der Waals surface area contributed by atoms with E-state index in [1.807, 2.05) is 0 Å². The Kier molecular flexibility index (Phi) is 5.16. The third kappa shape index (κ3) is 3.47. The Balaban J connectivity index is 1.09. The zero-order valence-corrected chi connectivity index (χ0v) is 18.4. The molecule has 6 rings (SSSR count). The van der Waals surface area contributed by atoms with Crippen molar-refractivity contribution >= 4 is 29.5 Å². The third-order valence-corrected chi connectivity index (χ3v) is 8.89. The molecule has 30 heavy (non-hydrogen) atoms. The van der Waals surface area contributed by atoms with Crippen LogP contribution in [0.4, 0.5) is 0 Å². The molecule has 3 amide bonds. The summed E-state index contributed by atoms with van der Waals surface area (Å²) in [6, 6.07) is 7.18. The van der Waals surface area contributed by atoms with Crippen LogP contribution in [-0.4, -0.2) is 46.7 Å². The number of amides is 3. The van der Waals surface area contributed by atoms with Gasteiger partial charge in [0.25, 0.3) is 11.8 Å². The minimum atomic E-state index is -0.226. The third-order valence-electron chi connectivity index (χ3n) is 7.95. The molecule has 4 aliphatic carbocycles. The van der Waals surface area contributed by atoms with E-state index in [1.54, 1.807) is 24.3 Å². The Bertz CT molecular complexity index is 813. The molecule has 1 atom stereocenters. The molecule has 0 saturated heterocycles. The number of rotatable bonds is 7. The van der Waals surface area contributed by atoms with Gasteiger partial charge in [0, 0.05) is 18.3 Å². The fourth-order valence-corrected chi connectivity index (χ4v) is 7.63. The number of nitrogens with zero attached hydrogens (tertiary/aromatic N) is 1. The molecule has 5 nitrogen and oxygen atoms in total. The molecule has 0 spiro atoms. The maximum Gasteiger partial charge on any atom is 0.261 e. The first-order valence-electron chi connectivity index (χ1n) is 11.3. The highest BCUT2D eigenvalue weighted by Crippen LogP contribution is 2.61. The van der Waals surface area contributed by atoms with Gasteiger partial charge in [-0.1, -0.05) is 12.1 Å². The number of benzene rings is 1. The van der Waals surface area contributed by atoms with Crippen molar-refractivity contribution in [3.8, 4) is 0 Å². The molecular formula is C24H30N2O3S. The fourth-order valence-electron chi connectivity index (χ4n) is 6.91. The van der Waals surface area contributed by atoms with E-state index < -0.39 is 0 Å². The molecule has 5 aliphatic rings. The topological polar surface area (TPSA) is 66.5 Å². The van der Waals surface area contributed by atoms with E-state index in [-0.39, 0.29) is 23.8 Å². The smallest absolute Gasteiger partial charge is 0.261 e. The lowest BCUT2D eigenvalue weighted by Gasteiger charge is -2.59. The zero-order valence-electron chi connectivity index (χ0n) is 17.6. The van der Waals surface area contributed by atoms with Crippen LogP contribution < -0.4 is 5.32 Å². The number of nitrogens with one attached hydrogen (secondary N) is 1. The standard InChI is InChI=1S/C24H30N2O3S/c1-15(24-11-16-8-17(12-24)10-18(9-16)13-24)25-21(27)14-30-7-6-26-22(28)19-4-2-3-5-20(19)23(26)29/h2-5,15-18H,6-14H2,1H3,(H,25,27)/t15-,16?,17?,18?,24?/m1/s1. The summed E-state index contributed by atoms with van der Waals surface area (Å²) in [5, 5.41) is 3.29. The Morgan fingerprint density at radius 1 is 1.07 bits per heavy atom. The number of thioether (sulfide) groups is 1. The summed E-state index contributed by atoms with van der Waals surface area (Å²) in [5.74, 6) is 3.21. The molecule has 0 unspecified atom stereocenters. The van der Waals surface area contributed by atoms with E-state index >= 15 is 0 Å². The van der Waals surface area contributed by atoms with Crippen molar-refractivity contribution in [1.82, 2.24) is 10.2 Å². The zero-order chi connectivity index (χ0) is 20.9. The number of carbonyl (C=O) groups is 3. The van der Waals surface area contributed by atoms with Crippen LogP contribution in [-0.2, 0) is 4.79 Å². The summed E-state index contributed by atoms with van der Waals surface area (Å²) in [6.07, 6.45) is 8.09. The van der Waals surface area contributed by atoms with E-state index in [1.165, 1.54) is 55.2 Å². The summed E-state index contributed by atoms with van der Waals surface area (Å²) in [7, 11) is 0. The van der Waals surface area contributed by atoms with Gasteiger partial charge in [-0.05, 0) is 80.8 Å². The first-order valence-corrected chi connectivity index (χ1v) is 12.4. The molecule has 4 saturated carbocycles. The van der Waals surface area contributed by atoms with Gasteiger partial charge < -0.3 is 5.32 Å². The number of imide groups is 1. The molecule has 1 aromatic rings. The average Bonchev–Trinajstić information content (AvgIpc) is 2.95. The summed E-state index contributed by atoms with van der Waals surface area (Å²) in [6.45, 7) is 2.54. The minimum absolute atomic E-state index is 0.0746. The van der Waals surface area contributed by atoms with E-state index in [4.69, 9.17) is 0 Å². The molecule has 6 heteroatoms. The second-order valence-electron chi connectivity index (χ2n) is 9.93. The van der Waals surface area contributed by atoms with Gasteiger partial charge in [-0.2, -0.15) is 11.8 Å². The van der Waals surface area contributed by atoms with Gasteiger partial charge in [-0.25, -0.2) is 0 Å². The van der Waals surface area contributed by atoms with Crippen molar-refractivity contribution in [1.29, 1.82) is 0 Å². The minimum Gasteiger partial charge on any atom is -0.352 e. The molecule has 1 N–H and O–H groups in total. The van der Waals surface area contributed by atoms with Gasteiger partial charge in [-0.15, -0.1) is 0 Å². The molecule has 4 fully saturated rings. The van der Waals surface area contributed by atoms with Gasteiger partial charge in [0.15, 0.2) is 0 Å². The highest BCUT2D eigenvalue weighted by atomic mass is 32.2. The Morgan fingerprint density at radius 3 is 2.13 bits per heavy atom. The second-order valence-corrected chi connectivity index (χ2v) is 11.0. The van der Waals surface area contributed by atoms with Crippen molar-refractivity contribution in [3.05, 3.63) is 35.4 Å². The molecular weight excluding hydrogens is 396 g/mol. The van der Waals surface area contributed by atoms with Gasteiger partial charge in [0.05, 0.1) is 16.9 Å². The molecule has 0 aromatic heterocycles. The van der Waals surface area contributed by atoms with E-state index in [9.17, 15) is 14.4 Å². The first-order chi connectivity index (χ1) is 14.4. The number of fused-ring (bicyclic) bond motifs is 1. The van der Waals surface area contributed by atoms with E-state index in [0.29, 0.717) is 34.6 Å². The summed E-state index contributed by atoms with van der Waals surface area (Å²) in [4.78, 5) is 38.7. The molecule has 4 bridgehead atoms. The monoisotopic (exact) mass is 426 g/mol. The highest BCUT2D eigenvalue weighted by molar-refractivity contribution is 7.99. The van der Waals surface area contributed by atoms with Crippen molar-refractivity contribution in [2.75, 3.05) is 18.1 Å². The lowest BCUT2D eigenvalue weighted by atomic mass is 9.48. The summed E-state index contributed by atoms with van der Waals surface area (Å²) in [5.41, 5.74) is 1.28. The van der Waals surface area contributed by atoms with E-state index in [0.717, 1.165) is 17.8 Å². The molecule has 1 heterocycles. The normalized spacial score (nSPS) is 32.4. The van der Waals surface area contributed by atoms with Crippen LogP contribution in [0.2, 0.25) is 0 Å². The van der Waals surface area contributed by atoms with Crippen LogP contribution in [0, 0.1) is 23.2 Å². The van der Waals surface area contributed by atoms with Crippen molar-refractivity contribution in [2.24, 2.45) is 23.2 Å². The predicted molar refractivity (Wildman–Crippen MR) is 117 cm³/mol. The lowest BCUT2D eigenvalue weighted by molar-refractivity contribution is -0.123. The van der Waals surface area contributed by atoms with Crippen LogP contribution in [0.1, 0.15) is 66.2 Å². The van der Waals surface area contributed by atoms with Crippen molar-refractivity contribution in [2.45, 2.75) is 51.5 Å². The van der Waals surface area contributed by atoms with Gasteiger partial charge >= 0.3 is 0 Å². The van der Waals surface area contributed by atoms with Crippen molar-refractivity contribution < 1.29 is 14.4 Å².